The molecule has 0 bridgehead atoms. The molecule has 1 atom stereocenters. The van der Waals surface area contributed by atoms with Crippen molar-refractivity contribution in [2.24, 2.45) is 0 Å². The van der Waals surface area contributed by atoms with E-state index in [0.717, 1.165) is 35.2 Å². The van der Waals surface area contributed by atoms with Crippen molar-refractivity contribution in [2.75, 3.05) is 25.4 Å². The Balaban J connectivity index is 1.44. The molecule has 2 aliphatic rings. The fourth-order valence-corrected chi connectivity index (χ4v) is 6.06. The zero-order valence-corrected chi connectivity index (χ0v) is 19.0. The largest absolute Gasteiger partial charge is 0.341 e. The molecule has 2 aromatic carbocycles. The lowest BCUT2D eigenvalue weighted by atomic mass is 10.00. The van der Waals surface area contributed by atoms with Gasteiger partial charge in [-0.25, -0.2) is 0 Å². The Morgan fingerprint density at radius 1 is 1.00 bits per heavy atom. The number of amides is 2. The minimum absolute atomic E-state index is 0.0542. The average molecular weight is 494 g/mol. The van der Waals surface area contributed by atoms with Gasteiger partial charge < -0.3 is 9.80 Å². The highest BCUT2D eigenvalue weighted by Gasteiger charge is 2.47. The molecule has 0 radical (unpaired) electrons. The van der Waals surface area contributed by atoms with Crippen molar-refractivity contribution >= 4 is 51.1 Å². The number of alkyl halides is 1. The topological polar surface area (TPSA) is 40.6 Å². The van der Waals surface area contributed by atoms with Crippen molar-refractivity contribution in [1.29, 1.82) is 0 Å². The van der Waals surface area contributed by atoms with Crippen molar-refractivity contribution in [3.05, 3.63) is 70.2 Å². The molecule has 2 aliphatic heterocycles. The van der Waals surface area contributed by atoms with Gasteiger partial charge in [0.25, 0.3) is 5.91 Å². The lowest BCUT2D eigenvalue weighted by Crippen LogP contribution is -2.54. The van der Waals surface area contributed by atoms with E-state index >= 15 is 0 Å². The van der Waals surface area contributed by atoms with Crippen molar-refractivity contribution in [3.8, 4) is 0 Å². The predicted molar refractivity (Wildman–Crippen MR) is 121 cm³/mol. The second-order valence-electron chi connectivity index (χ2n) is 7.36. The molecule has 2 heterocycles. The molecule has 1 unspecified atom stereocenters. The van der Waals surface area contributed by atoms with Crippen LogP contribution in [0, 0.1) is 0 Å². The van der Waals surface area contributed by atoms with Gasteiger partial charge in [0.1, 0.15) is 5.38 Å². The fraction of sp³-hybridized carbons (Fsp3) is 0.364. The summed E-state index contributed by atoms with van der Waals surface area (Å²) in [4.78, 5) is 29.6. The van der Waals surface area contributed by atoms with Crippen LogP contribution in [0.5, 0.6) is 0 Å². The maximum Gasteiger partial charge on any atom is 0.254 e. The minimum Gasteiger partial charge on any atom is -0.341 e. The van der Waals surface area contributed by atoms with E-state index in [-0.39, 0.29) is 16.7 Å². The first kappa shape index (κ1) is 20.8. The van der Waals surface area contributed by atoms with E-state index in [2.05, 4.69) is 15.9 Å². The van der Waals surface area contributed by atoms with E-state index < -0.39 is 5.38 Å². The van der Waals surface area contributed by atoms with Crippen molar-refractivity contribution < 1.29 is 9.59 Å². The second kappa shape index (κ2) is 8.70. The third-order valence-electron chi connectivity index (χ3n) is 5.68. The van der Waals surface area contributed by atoms with E-state index in [1.165, 1.54) is 0 Å². The van der Waals surface area contributed by atoms with E-state index in [4.69, 9.17) is 11.6 Å². The van der Waals surface area contributed by atoms with Crippen LogP contribution in [-0.4, -0.2) is 51.9 Å². The van der Waals surface area contributed by atoms with Gasteiger partial charge in [0.05, 0.1) is 4.87 Å². The molecule has 4 nitrogen and oxygen atoms in total. The Morgan fingerprint density at radius 2 is 1.66 bits per heavy atom. The third kappa shape index (κ3) is 4.21. The van der Waals surface area contributed by atoms with Crippen molar-refractivity contribution in [3.63, 3.8) is 0 Å². The van der Waals surface area contributed by atoms with E-state index in [9.17, 15) is 9.59 Å². The lowest BCUT2D eigenvalue weighted by molar-refractivity contribution is -0.132. The van der Waals surface area contributed by atoms with Crippen LogP contribution in [0.3, 0.4) is 0 Å². The summed E-state index contributed by atoms with van der Waals surface area (Å²) in [6.45, 7) is 1.98. The van der Waals surface area contributed by atoms with E-state index in [0.29, 0.717) is 18.7 Å². The minimum atomic E-state index is -0.665. The Hall–Kier alpha value is -1.50. The number of thioether (sulfide) groups is 1. The van der Waals surface area contributed by atoms with Gasteiger partial charge in [-0.15, -0.1) is 23.4 Å². The summed E-state index contributed by atoms with van der Waals surface area (Å²) in [6.07, 6.45) is 1.54. The van der Waals surface area contributed by atoms with Gasteiger partial charge in [-0.05, 0) is 42.7 Å². The highest BCUT2D eigenvalue weighted by molar-refractivity contribution is 9.10. The molecule has 29 heavy (non-hydrogen) atoms. The summed E-state index contributed by atoms with van der Waals surface area (Å²) in [5.74, 6) is 0.946. The normalized spacial score (nSPS) is 19.4. The van der Waals surface area contributed by atoms with Crippen molar-refractivity contribution in [1.82, 2.24) is 9.80 Å². The molecule has 2 saturated heterocycles. The molecule has 0 N–H and O–H groups in total. The van der Waals surface area contributed by atoms with Gasteiger partial charge in [-0.3, -0.25) is 9.59 Å². The summed E-state index contributed by atoms with van der Waals surface area (Å²) in [5.41, 5.74) is 1.53. The van der Waals surface area contributed by atoms with Gasteiger partial charge in [0, 0.05) is 35.4 Å². The zero-order chi connectivity index (χ0) is 20.4. The summed E-state index contributed by atoms with van der Waals surface area (Å²) in [7, 11) is 0. The van der Waals surface area contributed by atoms with E-state index in [1.54, 1.807) is 0 Å². The molecular formula is C22H22BrClN2O2S. The molecule has 1 spiro atoms. The average Bonchev–Trinajstić information content (AvgIpc) is 3.16. The van der Waals surface area contributed by atoms with Gasteiger partial charge in [0.2, 0.25) is 5.91 Å². The highest BCUT2D eigenvalue weighted by atomic mass is 79.9. The molecule has 0 saturated carbocycles. The molecule has 7 heteroatoms. The molecule has 4 rings (SSSR count). The third-order valence-corrected chi connectivity index (χ3v) is 8.20. The summed E-state index contributed by atoms with van der Waals surface area (Å²) in [5, 5.41) is -0.665. The van der Waals surface area contributed by atoms with Crippen LogP contribution in [0.15, 0.2) is 59.1 Å². The number of halogens is 2. The molecule has 2 amide bonds. The number of hydrogen-bond acceptors (Lipinski definition) is 3. The quantitative estimate of drug-likeness (QED) is 0.569. The molecule has 0 aliphatic carbocycles. The number of piperidine rings is 1. The first-order valence-corrected chi connectivity index (χ1v) is 11.9. The van der Waals surface area contributed by atoms with E-state index in [1.807, 2.05) is 76.2 Å². The lowest BCUT2D eigenvalue weighted by Gasteiger charge is -2.44. The number of carbonyl (C=O) groups excluding carboxylic acids is 2. The number of carbonyl (C=O) groups is 2. The predicted octanol–water partition coefficient (Wildman–Crippen LogP) is 4.94. The Morgan fingerprint density at radius 3 is 2.31 bits per heavy atom. The fourth-order valence-electron chi connectivity index (χ4n) is 4.06. The number of hydrogen-bond donors (Lipinski definition) is 0. The van der Waals surface area contributed by atoms with Gasteiger partial charge in [-0.2, -0.15) is 0 Å². The smallest absolute Gasteiger partial charge is 0.254 e. The first-order chi connectivity index (χ1) is 14.0. The van der Waals surface area contributed by atoms with Gasteiger partial charge >= 0.3 is 0 Å². The second-order valence-corrected chi connectivity index (χ2v) is 10.2. The van der Waals surface area contributed by atoms with Crippen LogP contribution in [0.1, 0.15) is 34.1 Å². The zero-order valence-electron chi connectivity index (χ0n) is 15.9. The maximum atomic E-state index is 13.1. The Bertz CT molecular complexity index is 885. The Kier molecular flexibility index (Phi) is 6.23. The standard InChI is InChI=1S/C22H22BrClN2O2S/c23-18-8-6-17(7-9-18)20(27)26-14-15-29-22(26)10-12-25(13-11-22)21(28)19(24)16-4-2-1-3-5-16/h1-9,19H,10-15H2. The number of rotatable bonds is 3. The van der Waals surface area contributed by atoms with Crippen LogP contribution < -0.4 is 0 Å². The van der Waals surface area contributed by atoms with Crippen LogP contribution in [-0.2, 0) is 4.79 Å². The monoisotopic (exact) mass is 492 g/mol. The number of nitrogens with zero attached hydrogens (tertiary/aromatic N) is 2. The first-order valence-electron chi connectivity index (χ1n) is 9.69. The summed E-state index contributed by atoms with van der Waals surface area (Å²) >= 11 is 11.7. The van der Waals surface area contributed by atoms with Gasteiger partial charge in [0.15, 0.2) is 0 Å². The Labute approximate surface area is 188 Å². The van der Waals surface area contributed by atoms with Crippen LogP contribution >= 0.6 is 39.3 Å². The summed E-state index contributed by atoms with van der Waals surface area (Å²) in [6, 6.07) is 17.0. The highest BCUT2D eigenvalue weighted by Crippen LogP contribution is 2.45. The molecular weight excluding hydrogens is 472 g/mol. The molecule has 2 fully saturated rings. The summed E-state index contributed by atoms with van der Waals surface area (Å²) < 4.78 is 0.959. The van der Waals surface area contributed by atoms with Crippen LogP contribution in [0.2, 0.25) is 0 Å². The molecule has 152 valence electrons. The van der Waals surface area contributed by atoms with Crippen LogP contribution in [0.4, 0.5) is 0 Å². The van der Waals surface area contributed by atoms with Crippen molar-refractivity contribution in [2.45, 2.75) is 23.1 Å². The molecule has 0 aromatic heterocycles. The number of likely N-dealkylation sites (tertiary alicyclic amines) is 1. The molecule has 2 aromatic rings. The van der Waals surface area contributed by atoms with Crippen LogP contribution in [0.25, 0.3) is 0 Å². The number of benzene rings is 2. The van der Waals surface area contributed by atoms with Gasteiger partial charge in [-0.1, -0.05) is 46.3 Å². The SMILES string of the molecule is O=C(C(Cl)c1ccccc1)N1CCC2(CC1)SCCN2C(=O)c1ccc(Br)cc1. The maximum absolute atomic E-state index is 13.1.